The maximum Gasteiger partial charge on any atom is 0.340 e. The van der Waals surface area contributed by atoms with Crippen LogP contribution in [-0.4, -0.2) is 22.1 Å². The molecule has 2 rings (SSSR count). The van der Waals surface area contributed by atoms with Crippen molar-refractivity contribution >= 4 is 17.3 Å². The number of aromatic nitrogens is 2. The maximum atomic E-state index is 11.9. The van der Waals surface area contributed by atoms with Crippen LogP contribution < -0.4 is 11.1 Å². The Bertz CT molecular complexity index is 607. The van der Waals surface area contributed by atoms with Crippen LogP contribution in [0.5, 0.6) is 0 Å². The summed E-state index contributed by atoms with van der Waals surface area (Å²) in [6, 6.07) is 5.16. The molecule has 6 heteroatoms. The molecule has 6 nitrogen and oxygen atoms in total. The van der Waals surface area contributed by atoms with E-state index in [4.69, 9.17) is 10.5 Å². The summed E-state index contributed by atoms with van der Waals surface area (Å²) < 4.78 is 6.93. The molecular formula is C14H18N4O2. The number of esters is 1. The highest BCUT2D eigenvalue weighted by atomic mass is 16.5. The molecule has 3 N–H and O–H groups in total. The van der Waals surface area contributed by atoms with E-state index < -0.39 is 0 Å². The summed E-state index contributed by atoms with van der Waals surface area (Å²) >= 11 is 0. The van der Waals surface area contributed by atoms with Crippen molar-refractivity contribution in [3.8, 4) is 0 Å². The van der Waals surface area contributed by atoms with Gasteiger partial charge in [-0.1, -0.05) is 6.07 Å². The first-order valence-corrected chi connectivity index (χ1v) is 6.39. The van der Waals surface area contributed by atoms with Gasteiger partial charge < -0.3 is 20.4 Å². The number of anilines is 2. The second-order valence-corrected chi connectivity index (χ2v) is 4.30. The predicted molar refractivity (Wildman–Crippen MR) is 77.3 cm³/mol. The highest BCUT2D eigenvalue weighted by Gasteiger charge is 2.15. The Kier molecular flexibility index (Phi) is 4.24. The predicted octanol–water partition coefficient (Wildman–Crippen LogP) is 1.79. The average Bonchev–Trinajstić information content (AvgIpc) is 2.83. The highest BCUT2D eigenvalue weighted by Crippen LogP contribution is 2.24. The zero-order chi connectivity index (χ0) is 14.5. The molecule has 0 amide bonds. The van der Waals surface area contributed by atoms with Crippen LogP contribution in [0.25, 0.3) is 0 Å². The van der Waals surface area contributed by atoms with Crippen LogP contribution >= 0.6 is 0 Å². The molecule has 1 heterocycles. The first-order valence-electron chi connectivity index (χ1n) is 6.39. The van der Waals surface area contributed by atoms with Crippen LogP contribution in [0, 0.1) is 0 Å². The van der Waals surface area contributed by atoms with Gasteiger partial charge in [0, 0.05) is 19.4 Å². The van der Waals surface area contributed by atoms with Crippen molar-refractivity contribution in [1.29, 1.82) is 0 Å². The molecule has 0 bridgehead atoms. The lowest BCUT2D eigenvalue weighted by atomic mass is 10.1. The monoisotopic (exact) mass is 274 g/mol. The van der Waals surface area contributed by atoms with Gasteiger partial charge in [0.15, 0.2) is 0 Å². The van der Waals surface area contributed by atoms with E-state index in [9.17, 15) is 4.79 Å². The van der Waals surface area contributed by atoms with Crippen molar-refractivity contribution in [3.05, 3.63) is 42.0 Å². The SMILES string of the molecule is CCOC(=O)c1cccc(N)c1NCc1nccn1C. The Morgan fingerprint density at radius 2 is 2.30 bits per heavy atom. The number of nitrogen functional groups attached to an aromatic ring is 1. The highest BCUT2D eigenvalue weighted by molar-refractivity contribution is 5.98. The molecule has 0 spiro atoms. The molecule has 0 saturated heterocycles. The van der Waals surface area contributed by atoms with Crippen LogP contribution in [0.4, 0.5) is 11.4 Å². The number of ether oxygens (including phenoxy) is 1. The fraction of sp³-hybridized carbons (Fsp3) is 0.286. The molecule has 2 aromatic rings. The minimum absolute atomic E-state index is 0.326. The molecule has 0 aliphatic carbocycles. The van der Waals surface area contributed by atoms with Gasteiger partial charge in [-0.2, -0.15) is 0 Å². The topological polar surface area (TPSA) is 82.2 Å². The van der Waals surface area contributed by atoms with Gasteiger partial charge in [-0.15, -0.1) is 0 Å². The quantitative estimate of drug-likeness (QED) is 0.641. The first-order chi connectivity index (χ1) is 9.63. The maximum absolute atomic E-state index is 11.9. The van der Waals surface area contributed by atoms with E-state index in [0.29, 0.717) is 30.1 Å². The van der Waals surface area contributed by atoms with E-state index in [1.165, 1.54) is 0 Å². The summed E-state index contributed by atoms with van der Waals surface area (Å²) in [5.74, 6) is 0.463. The Labute approximate surface area is 117 Å². The average molecular weight is 274 g/mol. The molecular weight excluding hydrogens is 256 g/mol. The Morgan fingerprint density at radius 1 is 1.50 bits per heavy atom. The smallest absolute Gasteiger partial charge is 0.340 e. The van der Waals surface area contributed by atoms with E-state index in [1.54, 1.807) is 31.3 Å². The third-order valence-corrected chi connectivity index (χ3v) is 2.94. The molecule has 0 aliphatic heterocycles. The van der Waals surface area contributed by atoms with Crippen molar-refractivity contribution in [3.63, 3.8) is 0 Å². The number of carbonyl (C=O) groups excluding carboxylic acids is 1. The Morgan fingerprint density at radius 3 is 2.95 bits per heavy atom. The number of para-hydroxylation sites is 1. The third-order valence-electron chi connectivity index (χ3n) is 2.94. The van der Waals surface area contributed by atoms with Crippen molar-refractivity contribution in [2.75, 3.05) is 17.7 Å². The largest absolute Gasteiger partial charge is 0.462 e. The van der Waals surface area contributed by atoms with Gasteiger partial charge in [0.05, 0.1) is 30.1 Å². The lowest BCUT2D eigenvalue weighted by molar-refractivity contribution is 0.0527. The Hall–Kier alpha value is -2.50. The minimum Gasteiger partial charge on any atom is -0.462 e. The van der Waals surface area contributed by atoms with Crippen molar-refractivity contribution < 1.29 is 9.53 Å². The van der Waals surface area contributed by atoms with Crippen molar-refractivity contribution in [2.45, 2.75) is 13.5 Å². The van der Waals surface area contributed by atoms with Crippen LogP contribution in [0.2, 0.25) is 0 Å². The molecule has 0 radical (unpaired) electrons. The summed E-state index contributed by atoms with van der Waals surface area (Å²) in [5.41, 5.74) is 7.45. The summed E-state index contributed by atoms with van der Waals surface area (Å²) in [5, 5.41) is 3.15. The molecule has 0 fully saturated rings. The lowest BCUT2D eigenvalue weighted by Gasteiger charge is -2.13. The number of nitrogens with one attached hydrogen (secondary N) is 1. The fourth-order valence-corrected chi connectivity index (χ4v) is 1.88. The summed E-state index contributed by atoms with van der Waals surface area (Å²) in [4.78, 5) is 16.1. The molecule has 20 heavy (non-hydrogen) atoms. The van der Waals surface area contributed by atoms with Gasteiger partial charge in [0.1, 0.15) is 5.82 Å². The van der Waals surface area contributed by atoms with E-state index in [0.717, 1.165) is 5.82 Å². The number of nitrogens with two attached hydrogens (primary N) is 1. The third kappa shape index (κ3) is 2.90. The number of rotatable bonds is 5. The fourth-order valence-electron chi connectivity index (χ4n) is 1.88. The molecule has 106 valence electrons. The first kappa shape index (κ1) is 13.9. The van der Waals surface area contributed by atoms with Crippen LogP contribution in [-0.2, 0) is 18.3 Å². The number of nitrogens with zero attached hydrogens (tertiary/aromatic N) is 2. The number of hydrogen-bond donors (Lipinski definition) is 2. The summed E-state index contributed by atoms with van der Waals surface area (Å²) in [6.45, 7) is 2.57. The van der Waals surface area contributed by atoms with Gasteiger partial charge in [-0.05, 0) is 19.1 Å². The van der Waals surface area contributed by atoms with Gasteiger partial charge in [0.25, 0.3) is 0 Å². The molecule has 1 aromatic carbocycles. The van der Waals surface area contributed by atoms with E-state index in [1.807, 2.05) is 17.8 Å². The zero-order valence-corrected chi connectivity index (χ0v) is 11.6. The van der Waals surface area contributed by atoms with Gasteiger partial charge in [-0.3, -0.25) is 0 Å². The minimum atomic E-state index is -0.387. The standard InChI is InChI=1S/C14H18N4O2/c1-3-20-14(19)10-5-4-6-11(15)13(10)17-9-12-16-7-8-18(12)2/h4-8,17H,3,9,15H2,1-2H3. The molecule has 0 unspecified atom stereocenters. The van der Waals surface area contributed by atoms with Gasteiger partial charge in [-0.25, -0.2) is 9.78 Å². The van der Waals surface area contributed by atoms with Crippen molar-refractivity contribution in [1.82, 2.24) is 9.55 Å². The second-order valence-electron chi connectivity index (χ2n) is 4.30. The van der Waals surface area contributed by atoms with E-state index in [-0.39, 0.29) is 5.97 Å². The van der Waals surface area contributed by atoms with Crippen LogP contribution in [0.15, 0.2) is 30.6 Å². The number of aryl methyl sites for hydroxylation is 1. The summed E-state index contributed by atoms with van der Waals surface area (Å²) in [6.07, 6.45) is 3.58. The van der Waals surface area contributed by atoms with E-state index in [2.05, 4.69) is 10.3 Å². The van der Waals surface area contributed by atoms with Gasteiger partial charge >= 0.3 is 5.97 Å². The number of hydrogen-bond acceptors (Lipinski definition) is 5. The number of imidazole rings is 1. The van der Waals surface area contributed by atoms with Crippen LogP contribution in [0.1, 0.15) is 23.1 Å². The summed E-state index contributed by atoms with van der Waals surface area (Å²) in [7, 11) is 1.91. The number of benzene rings is 1. The zero-order valence-electron chi connectivity index (χ0n) is 11.6. The van der Waals surface area contributed by atoms with Gasteiger partial charge in [0.2, 0.25) is 0 Å². The normalized spacial score (nSPS) is 10.3. The molecule has 0 aliphatic rings. The van der Waals surface area contributed by atoms with Crippen molar-refractivity contribution in [2.24, 2.45) is 7.05 Å². The molecule has 1 aromatic heterocycles. The lowest BCUT2D eigenvalue weighted by Crippen LogP contribution is -2.13. The second kappa shape index (κ2) is 6.10. The van der Waals surface area contributed by atoms with E-state index >= 15 is 0 Å². The number of carbonyl (C=O) groups is 1. The van der Waals surface area contributed by atoms with Crippen LogP contribution in [0.3, 0.4) is 0 Å². The molecule has 0 atom stereocenters. The Balaban J connectivity index is 2.22. The molecule has 0 saturated carbocycles.